The lowest BCUT2D eigenvalue weighted by Crippen LogP contribution is -2.44. The van der Waals surface area contributed by atoms with E-state index in [-0.39, 0.29) is 23.4 Å². The minimum Gasteiger partial charge on any atom is -0.410 e. The molecule has 0 aliphatic carbocycles. The molecule has 0 saturated carbocycles. The number of ether oxygens (including phenoxy) is 2. The summed E-state index contributed by atoms with van der Waals surface area (Å²) in [6.07, 6.45) is 12.0. The summed E-state index contributed by atoms with van der Waals surface area (Å²) in [6.45, 7) is 15.1. The van der Waals surface area contributed by atoms with Crippen molar-refractivity contribution in [2.75, 3.05) is 0 Å². The van der Waals surface area contributed by atoms with Gasteiger partial charge in [0.05, 0.1) is 18.3 Å². The molecule has 1 aliphatic rings. The molecule has 0 aromatic heterocycles. The first-order valence-corrected chi connectivity index (χ1v) is 15.5. The Labute approximate surface area is 203 Å². The Kier molecular flexibility index (Phi) is 10.5. The molecule has 4 nitrogen and oxygen atoms in total. The number of unbranched alkanes of at least 4 members (excludes halogenated alkanes) is 1. The summed E-state index contributed by atoms with van der Waals surface area (Å²) in [7, 11) is -1.93. The number of aryl methyl sites for hydroxylation is 1. The number of hydrogen-bond donors (Lipinski definition) is 0. The molecule has 1 aromatic rings. The predicted octanol–water partition coefficient (Wildman–Crippen LogP) is 7.24. The van der Waals surface area contributed by atoms with Gasteiger partial charge in [0.25, 0.3) is 0 Å². The van der Waals surface area contributed by atoms with E-state index in [2.05, 4.69) is 76.3 Å². The van der Waals surface area contributed by atoms with Gasteiger partial charge in [0.1, 0.15) is 6.29 Å². The monoisotopic (exact) mass is 474 g/mol. The highest BCUT2D eigenvalue weighted by molar-refractivity contribution is 6.74. The molecular formula is C28H46O4Si. The molecule has 33 heavy (non-hydrogen) atoms. The second-order valence-electron chi connectivity index (χ2n) is 11.3. The van der Waals surface area contributed by atoms with Crippen molar-refractivity contribution >= 4 is 14.6 Å². The van der Waals surface area contributed by atoms with Crippen molar-refractivity contribution in [3.05, 3.63) is 48.0 Å². The minimum absolute atomic E-state index is 0.115. The molecule has 0 N–H and O–H groups in total. The van der Waals surface area contributed by atoms with Gasteiger partial charge in [-0.3, -0.25) is 0 Å². The molecule has 1 aliphatic heterocycles. The molecule has 3 atom stereocenters. The van der Waals surface area contributed by atoms with Crippen LogP contribution in [0.3, 0.4) is 0 Å². The number of carbonyl (C=O) groups excluding carboxylic acids is 1. The van der Waals surface area contributed by atoms with Crippen LogP contribution in [0.4, 0.5) is 0 Å². The van der Waals surface area contributed by atoms with E-state index >= 15 is 0 Å². The molecule has 5 heteroatoms. The van der Waals surface area contributed by atoms with Crippen molar-refractivity contribution in [2.45, 2.75) is 122 Å². The van der Waals surface area contributed by atoms with Crippen LogP contribution in [0.15, 0.2) is 42.5 Å². The fourth-order valence-corrected chi connectivity index (χ4v) is 5.37. The zero-order chi connectivity index (χ0) is 24.5. The smallest absolute Gasteiger partial charge is 0.192 e. The van der Waals surface area contributed by atoms with Gasteiger partial charge in [-0.1, -0.05) is 69.7 Å². The number of benzene rings is 1. The van der Waals surface area contributed by atoms with E-state index in [9.17, 15) is 4.79 Å². The Bertz CT molecular complexity index is 736. The number of carbonyl (C=O) groups is 1. The summed E-state index contributed by atoms with van der Waals surface area (Å²) < 4.78 is 18.9. The van der Waals surface area contributed by atoms with E-state index in [0.717, 1.165) is 38.4 Å². The zero-order valence-electron chi connectivity index (χ0n) is 21.9. The molecule has 0 radical (unpaired) electrons. The van der Waals surface area contributed by atoms with Crippen molar-refractivity contribution < 1.29 is 18.7 Å². The number of hydrogen-bond acceptors (Lipinski definition) is 4. The van der Waals surface area contributed by atoms with Crippen LogP contribution in [-0.4, -0.2) is 38.7 Å². The SMILES string of the molecule is CC1(C)O[C@H](C/C=C/[C@@H](CC=O)O[Si](C)(C)C(C)(C)C)C[C@@H](CCCCc2ccccc2)O1. The van der Waals surface area contributed by atoms with Crippen molar-refractivity contribution in [3.8, 4) is 0 Å². The highest BCUT2D eigenvalue weighted by Crippen LogP contribution is 2.38. The third kappa shape index (κ3) is 9.85. The van der Waals surface area contributed by atoms with Gasteiger partial charge in [-0.2, -0.15) is 0 Å². The normalized spacial score (nSPS) is 22.4. The second kappa shape index (κ2) is 12.4. The van der Waals surface area contributed by atoms with Crippen LogP contribution in [0.25, 0.3) is 0 Å². The fraction of sp³-hybridized carbons (Fsp3) is 0.679. The van der Waals surface area contributed by atoms with E-state index in [1.54, 1.807) is 0 Å². The standard InChI is InChI=1S/C28H46O4Si/c1-27(2,3)33(6,7)32-24(20-21-29)18-13-19-26-22-25(30-28(4,5)31-26)17-12-11-16-23-14-9-8-10-15-23/h8-10,13-15,18,21,24-26H,11-12,16-17,19-20,22H2,1-7H3/b18-13+/t24-,25+,26+/m0/s1. The molecule has 1 heterocycles. The predicted molar refractivity (Wildman–Crippen MR) is 139 cm³/mol. The van der Waals surface area contributed by atoms with Crippen LogP contribution in [0.1, 0.15) is 78.7 Å². The lowest BCUT2D eigenvalue weighted by atomic mass is 9.99. The first-order chi connectivity index (χ1) is 15.4. The van der Waals surface area contributed by atoms with Crippen LogP contribution >= 0.6 is 0 Å². The third-order valence-corrected chi connectivity index (χ3v) is 11.3. The molecule has 0 spiro atoms. The van der Waals surface area contributed by atoms with E-state index in [1.807, 2.05) is 13.8 Å². The van der Waals surface area contributed by atoms with Crippen LogP contribution in [-0.2, 0) is 25.1 Å². The first kappa shape index (κ1) is 28.0. The van der Waals surface area contributed by atoms with Gasteiger partial charge in [0.15, 0.2) is 14.1 Å². The lowest BCUT2D eigenvalue weighted by molar-refractivity contribution is -0.299. The van der Waals surface area contributed by atoms with E-state index in [0.29, 0.717) is 6.42 Å². The summed E-state index contributed by atoms with van der Waals surface area (Å²) in [5, 5.41) is 0.115. The molecule has 1 saturated heterocycles. The summed E-state index contributed by atoms with van der Waals surface area (Å²) in [6, 6.07) is 10.7. The van der Waals surface area contributed by atoms with Crippen LogP contribution in [0.5, 0.6) is 0 Å². The van der Waals surface area contributed by atoms with Gasteiger partial charge in [-0.05, 0) is 63.2 Å². The zero-order valence-corrected chi connectivity index (χ0v) is 22.9. The van der Waals surface area contributed by atoms with Crippen molar-refractivity contribution in [2.24, 2.45) is 0 Å². The van der Waals surface area contributed by atoms with Crippen LogP contribution in [0.2, 0.25) is 18.1 Å². The molecule has 1 fully saturated rings. The second-order valence-corrected chi connectivity index (χ2v) is 16.1. The van der Waals surface area contributed by atoms with E-state index in [1.165, 1.54) is 12.0 Å². The topological polar surface area (TPSA) is 44.8 Å². The first-order valence-electron chi connectivity index (χ1n) is 12.6. The van der Waals surface area contributed by atoms with Gasteiger partial charge < -0.3 is 18.7 Å². The summed E-state index contributed by atoms with van der Waals surface area (Å²) in [5.74, 6) is -0.569. The molecule has 0 amide bonds. The molecular weight excluding hydrogens is 428 g/mol. The van der Waals surface area contributed by atoms with Crippen molar-refractivity contribution in [3.63, 3.8) is 0 Å². The Morgan fingerprint density at radius 1 is 1.12 bits per heavy atom. The maximum atomic E-state index is 11.2. The maximum Gasteiger partial charge on any atom is 0.192 e. The van der Waals surface area contributed by atoms with Gasteiger partial charge in [0, 0.05) is 12.8 Å². The van der Waals surface area contributed by atoms with Gasteiger partial charge in [-0.15, -0.1) is 0 Å². The lowest BCUT2D eigenvalue weighted by Gasteiger charge is -2.41. The largest absolute Gasteiger partial charge is 0.410 e. The Balaban J connectivity index is 1.86. The molecule has 1 aromatic carbocycles. The molecule has 0 bridgehead atoms. The average molecular weight is 475 g/mol. The Morgan fingerprint density at radius 3 is 2.42 bits per heavy atom. The Morgan fingerprint density at radius 2 is 1.79 bits per heavy atom. The van der Waals surface area contributed by atoms with Crippen LogP contribution in [0, 0.1) is 0 Å². The molecule has 0 unspecified atom stereocenters. The summed E-state index contributed by atoms with van der Waals surface area (Å²) >= 11 is 0. The summed E-state index contributed by atoms with van der Waals surface area (Å²) in [4.78, 5) is 11.2. The molecule has 186 valence electrons. The van der Waals surface area contributed by atoms with Crippen molar-refractivity contribution in [1.29, 1.82) is 0 Å². The Hall–Kier alpha value is -1.27. The van der Waals surface area contributed by atoms with E-state index < -0.39 is 14.1 Å². The highest BCUT2D eigenvalue weighted by Gasteiger charge is 2.39. The number of aldehydes is 1. The number of rotatable bonds is 12. The minimum atomic E-state index is -1.93. The third-order valence-electron chi connectivity index (χ3n) is 6.84. The highest BCUT2D eigenvalue weighted by atomic mass is 28.4. The average Bonchev–Trinajstić information content (AvgIpc) is 2.70. The summed E-state index contributed by atoms with van der Waals surface area (Å²) in [5.41, 5.74) is 1.40. The van der Waals surface area contributed by atoms with E-state index in [4.69, 9.17) is 13.9 Å². The molecule has 2 rings (SSSR count). The van der Waals surface area contributed by atoms with Gasteiger partial charge >= 0.3 is 0 Å². The van der Waals surface area contributed by atoms with Crippen LogP contribution < -0.4 is 0 Å². The maximum absolute atomic E-state index is 11.2. The quantitative estimate of drug-likeness (QED) is 0.139. The van der Waals surface area contributed by atoms with Crippen molar-refractivity contribution in [1.82, 2.24) is 0 Å². The van der Waals surface area contributed by atoms with Gasteiger partial charge in [-0.25, -0.2) is 0 Å². The van der Waals surface area contributed by atoms with Gasteiger partial charge in [0.2, 0.25) is 0 Å². The fourth-order valence-electron chi connectivity index (χ4n) is 4.09.